The van der Waals surface area contributed by atoms with Crippen molar-refractivity contribution in [3.05, 3.63) is 42.5 Å². The Morgan fingerprint density at radius 2 is 1.70 bits per heavy atom. The molecule has 0 spiro atoms. The number of nitrogens with zero attached hydrogens (tertiary/aromatic N) is 2. The summed E-state index contributed by atoms with van der Waals surface area (Å²) in [6.07, 6.45) is 2.38. The maximum absolute atomic E-state index is 6.38. The molecule has 2 aliphatic heterocycles. The van der Waals surface area contributed by atoms with Crippen molar-refractivity contribution in [2.45, 2.75) is 23.2 Å². The van der Waals surface area contributed by atoms with Crippen molar-refractivity contribution in [2.24, 2.45) is 11.7 Å². The van der Waals surface area contributed by atoms with Crippen molar-refractivity contribution in [1.82, 2.24) is 4.90 Å². The van der Waals surface area contributed by atoms with Crippen LogP contribution in [-0.4, -0.2) is 57.4 Å². The smallest absolute Gasteiger partial charge is 0.203 e. The molecule has 2 aromatic rings. The Kier molecular flexibility index (Phi) is 6.92. The van der Waals surface area contributed by atoms with E-state index in [4.69, 9.17) is 19.9 Å². The van der Waals surface area contributed by atoms with Gasteiger partial charge in [0, 0.05) is 18.0 Å². The standard InChI is InChI=1S/C23H31N3O3S/c1-27-19-7-5-8-20(28-2)22(19)29-15-14-25-12-10-17(11-13-25)16-26-18-6-3-4-9-21(18)30-23(26)24/h3-9,17,23H,10-16,24H2,1-2H3. The lowest BCUT2D eigenvalue weighted by Gasteiger charge is -2.35. The molecule has 2 aromatic carbocycles. The average Bonchev–Trinajstić information content (AvgIpc) is 3.10. The summed E-state index contributed by atoms with van der Waals surface area (Å²) in [6.45, 7) is 4.73. The Bertz CT molecular complexity index is 820. The van der Waals surface area contributed by atoms with Gasteiger partial charge in [0.1, 0.15) is 12.1 Å². The minimum absolute atomic E-state index is 0.0321. The van der Waals surface area contributed by atoms with Crippen molar-refractivity contribution in [1.29, 1.82) is 0 Å². The van der Waals surface area contributed by atoms with Crippen molar-refractivity contribution < 1.29 is 14.2 Å². The molecule has 0 bridgehead atoms. The fourth-order valence-corrected chi connectivity index (χ4v) is 5.28. The zero-order chi connectivity index (χ0) is 20.9. The first kappa shape index (κ1) is 21.2. The summed E-state index contributed by atoms with van der Waals surface area (Å²) in [5.74, 6) is 2.76. The summed E-state index contributed by atoms with van der Waals surface area (Å²) in [5, 5.41) is 0. The molecule has 162 valence electrons. The molecule has 4 rings (SSSR count). The van der Waals surface area contributed by atoms with Crippen LogP contribution in [0.5, 0.6) is 17.2 Å². The molecule has 2 N–H and O–H groups in total. The zero-order valence-corrected chi connectivity index (χ0v) is 18.6. The number of fused-ring (bicyclic) bond motifs is 1. The number of anilines is 1. The molecule has 0 aliphatic carbocycles. The zero-order valence-electron chi connectivity index (χ0n) is 17.8. The molecule has 1 saturated heterocycles. The Hall–Kier alpha value is -2.09. The van der Waals surface area contributed by atoms with E-state index in [1.54, 1.807) is 26.0 Å². The van der Waals surface area contributed by atoms with E-state index in [1.807, 2.05) is 18.2 Å². The summed E-state index contributed by atoms with van der Waals surface area (Å²) in [5.41, 5.74) is 7.70. The molecule has 0 aromatic heterocycles. The van der Waals surface area contributed by atoms with E-state index in [2.05, 4.69) is 34.1 Å². The van der Waals surface area contributed by atoms with Crippen LogP contribution in [0.25, 0.3) is 0 Å². The van der Waals surface area contributed by atoms with Gasteiger partial charge < -0.3 is 24.8 Å². The first-order valence-electron chi connectivity index (χ1n) is 10.5. The number of thioether (sulfide) groups is 1. The predicted octanol–water partition coefficient (Wildman–Crippen LogP) is 3.65. The third-order valence-corrected chi connectivity index (χ3v) is 7.02. The number of hydrogen-bond donors (Lipinski definition) is 1. The van der Waals surface area contributed by atoms with Gasteiger partial charge in [-0.2, -0.15) is 0 Å². The number of methoxy groups -OCH3 is 2. The van der Waals surface area contributed by atoms with Crippen LogP contribution in [0.1, 0.15) is 12.8 Å². The Balaban J connectivity index is 1.24. The summed E-state index contributed by atoms with van der Waals surface area (Å²) in [7, 11) is 3.30. The van der Waals surface area contributed by atoms with Gasteiger partial charge in [-0.05, 0) is 56.1 Å². The summed E-state index contributed by atoms with van der Waals surface area (Å²) >= 11 is 1.76. The second-order valence-corrected chi connectivity index (χ2v) is 8.91. The van der Waals surface area contributed by atoms with Gasteiger partial charge in [-0.25, -0.2) is 0 Å². The minimum Gasteiger partial charge on any atom is -0.493 e. The SMILES string of the molecule is COc1cccc(OC)c1OCCN1CCC(CN2c3ccccc3SC2N)CC1. The number of ether oxygens (including phenoxy) is 3. The molecular formula is C23H31N3O3S. The van der Waals surface area contributed by atoms with Gasteiger partial charge >= 0.3 is 0 Å². The topological polar surface area (TPSA) is 60.2 Å². The van der Waals surface area contributed by atoms with Crippen LogP contribution in [-0.2, 0) is 0 Å². The van der Waals surface area contributed by atoms with E-state index in [0.29, 0.717) is 29.8 Å². The normalized spacial score (nSPS) is 19.6. The van der Waals surface area contributed by atoms with Gasteiger partial charge in [0.05, 0.1) is 19.9 Å². The lowest BCUT2D eigenvalue weighted by atomic mass is 9.96. The van der Waals surface area contributed by atoms with Crippen LogP contribution in [0.3, 0.4) is 0 Å². The molecule has 1 atom stereocenters. The third-order valence-electron chi connectivity index (χ3n) is 5.93. The van der Waals surface area contributed by atoms with Crippen LogP contribution in [0, 0.1) is 5.92 Å². The van der Waals surface area contributed by atoms with E-state index < -0.39 is 0 Å². The fourth-order valence-electron chi connectivity index (χ4n) is 4.23. The van der Waals surface area contributed by atoms with Crippen LogP contribution in [0.4, 0.5) is 5.69 Å². The van der Waals surface area contributed by atoms with Gasteiger partial charge in [-0.1, -0.05) is 30.0 Å². The van der Waals surface area contributed by atoms with E-state index >= 15 is 0 Å². The summed E-state index contributed by atoms with van der Waals surface area (Å²) < 4.78 is 16.8. The van der Waals surface area contributed by atoms with Crippen LogP contribution in [0.15, 0.2) is 47.4 Å². The highest BCUT2D eigenvalue weighted by Gasteiger charge is 2.30. The molecule has 0 amide bonds. The van der Waals surface area contributed by atoms with Gasteiger partial charge in [0.15, 0.2) is 11.5 Å². The lowest BCUT2D eigenvalue weighted by molar-refractivity contribution is 0.153. The van der Waals surface area contributed by atoms with Crippen molar-refractivity contribution in [3.63, 3.8) is 0 Å². The molecular weight excluding hydrogens is 398 g/mol. The van der Waals surface area contributed by atoms with E-state index in [-0.39, 0.29) is 5.50 Å². The van der Waals surface area contributed by atoms with E-state index in [0.717, 1.165) is 26.2 Å². The maximum atomic E-state index is 6.38. The molecule has 2 aliphatic rings. The van der Waals surface area contributed by atoms with Gasteiger partial charge in [0.25, 0.3) is 0 Å². The second kappa shape index (κ2) is 9.81. The molecule has 7 heteroatoms. The highest BCUT2D eigenvalue weighted by molar-refractivity contribution is 8.00. The number of rotatable bonds is 8. The van der Waals surface area contributed by atoms with Crippen LogP contribution in [0.2, 0.25) is 0 Å². The predicted molar refractivity (Wildman–Crippen MR) is 122 cm³/mol. The number of piperidine rings is 1. The molecule has 1 unspecified atom stereocenters. The highest BCUT2D eigenvalue weighted by atomic mass is 32.2. The first-order chi connectivity index (χ1) is 14.7. The molecule has 0 radical (unpaired) electrons. The average molecular weight is 430 g/mol. The third kappa shape index (κ3) is 4.63. The number of benzene rings is 2. The first-order valence-corrected chi connectivity index (χ1v) is 11.4. The minimum atomic E-state index is 0.0321. The largest absolute Gasteiger partial charge is 0.493 e. The Morgan fingerprint density at radius 3 is 2.40 bits per heavy atom. The maximum Gasteiger partial charge on any atom is 0.203 e. The molecule has 2 heterocycles. The molecule has 30 heavy (non-hydrogen) atoms. The number of hydrogen-bond acceptors (Lipinski definition) is 7. The van der Waals surface area contributed by atoms with Crippen molar-refractivity contribution in [3.8, 4) is 17.2 Å². The monoisotopic (exact) mass is 429 g/mol. The van der Waals surface area contributed by atoms with E-state index in [1.165, 1.54) is 23.4 Å². The Morgan fingerprint density at radius 1 is 1.00 bits per heavy atom. The molecule has 1 fully saturated rings. The summed E-state index contributed by atoms with van der Waals surface area (Å²) in [4.78, 5) is 6.15. The fraction of sp³-hybridized carbons (Fsp3) is 0.478. The Labute approximate surface area is 183 Å². The van der Waals surface area contributed by atoms with Gasteiger partial charge in [-0.15, -0.1) is 0 Å². The van der Waals surface area contributed by atoms with Crippen molar-refractivity contribution in [2.75, 3.05) is 51.9 Å². The lowest BCUT2D eigenvalue weighted by Crippen LogP contribution is -2.43. The molecule has 0 saturated carbocycles. The highest BCUT2D eigenvalue weighted by Crippen LogP contribution is 2.42. The van der Waals surface area contributed by atoms with Crippen LogP contribution < -0.4 is 24.8 Å². The second-order valence-electron chi connectivity index (χ2n) is 7.75. The van der Waals surface area contributed by atoms with Gasteiger partial charge in [-0.3, -0.25) is 4.90 Å². The van der Waals surface area contributed by atoms with Crippen molar-refractivity contribution >= 4 is 17.4 Å². The molecule has 6 nitrogen and oxygen atoms in total. The van der Waals surface area contributed by atoms with E-state index in [9.17, 15) is 0 Å². The number of nitrogens with two attached hydrogens (primary N) is 1. The van der Waals surface area contributed by atoms with Crippen LogP contribution >= 0.6 is 11.8 Å². The quantitative estimate of drug-likeness (QED) is 0.687. The number of para-hydroxylation sites is 2. The number of likely N-dealkylation sites (tertiary alicyclic amines) is 1. The summed E-state index contributed by atoms with van der Waals surface area (Å²) in [6, 6.07) is 14.2. The van der Waals surface area contributed by atoms with Gasteiger partial charge in [0.2, 0.25) is 5.75 Å².